The zero-order chi connectivity index (χ0) is 10.4. The Labute approximate surface area is 83.3 Å². The standard InChI is InChI=1S/C10H14O4/c1-11-7-14-10-5-8(12-2)4-9(6-10)13-3/h4-6H,7H2,1-3H3. The molecule has 0 radical (unpaired) electrons. The van der Waals surface area contributed by atoms with Crippen molar-refractivity contribution < 1.29 is 18.9 Å². The van der Waals surface area contributed by atoms with E-state index >= 15 is 0 Å². The minimum absolute atomic E-state index is 0.205. The summed E-state index contributed by atoms with van der Waals surface area (Å²) in [5, 5.41) is 0. The molecule has 0 spiro atoms. The van der Waals surface area contributed by atoms with Crippen LogP contribution in [0.2, 0.25) is 0 Å². The van der Waals surface area contributed by atoms with Gasteiger partial charge in [-0.15, -0.1) is 0 Å². The van der Waals surface area contributed by atoms with Gasteiger partial charge in [-0.3, -0.25) is 0 Å². The highest BCUT2D eigenvalue weighted by atomic mass is 16.7. The lowest BCUT2D eigenvalue weighted by Gasteiger charge is -2.09. The van der Waals surface area contributed by atoms with Gasteiger partial charge in [-0.2, -0.15) is 0 Å². The van der Waals surface area contributed by atoms with Crippen LogP contribution in [0.5, 0.6) is 17.2 Å². The third-order valence-electron chi connectivity index (χ3n) is 1.67. The molecule has 0 saturated carbocycles. The van der Waals surface area contributed by atoms with Crippen molar-refractivity contribution in [1.82, 2.24) is 0 Å². The number of rotatable bonds is 5. The number of hydrogen-bond donors (Lipinski definition) is 0. The summed E-state index contributed by atoms with van der Waals surface area (Å²) < 4.78 is 20.2. The fourth-order valence-electron chi connectivity index (χ4n) is 0.992. The molecule has 1 aromatic rings. The van der Waals surface area contributed by atoms with Gasteiger partial charge in [-0.25, -0.2) is 0 Å². The van der Waals surface area contributed by atoms with E-state index in [1.165, 1.54) is 0 Å². The Kier molecular flexibility index (Phi) is 4.07. The van der Waals surface area contributed by atoms with Crippen LogP contribution in [0.4, 0.5) is 0 Å². The first kappa shape index (κ1) is 10.7. The monoisotopic (exact) mass is 198 g/mol. The van der Waals surface area contributed by atoms with Crippen LogP contribution in [0.15, 0.2) is 18.2 Å². The molecule has 0 atom stereocenters. The molecule has 4 heteroatoms. The molecule has 0 amide bonds. The van der Waals surface area contributed by atoms with Gasteiger partial charge in [0, 0.05) is 25.3 Å². The van der Waals surface area contributed by atoms with Crippen molar-refractivity contribution in [2.24, 2.45) is 0 Å². The zero-order valence-corrected chi connectivity index (χ0v) is 8.57. The fraction of sp³-hybridized carbons (Fsp3) is 0.400. The second-order valence-electron chi connectivity index (χ2n) is 2.60. The molecule has 0 bridgehead atoms. The van der Waals surface area contributed by atoms with E-state index in [9.17, 15) is 0 Å². The zero-order valence-electron chi connectivity index (χ0n) is 8.57. The van der Waals surface area contributed by atoms with E-state index in [0.717, 1.165) is 0 Å². The summed E-state index contributed by atoms with van der Waals surface area (Å²) in [7, 11) is 4.75. The highest BCUT2D eigenvalue weighted by Crippen LogP contribution is 2.27. The normalized spacial score (nSPS) is 9.64. The van der Waals surface area contributed by atoms with Crippen LogP contribution in [0.25, 0.3) is 0 Å². The maximum atomic E-state index is 5.26. The van der Waals surface area contributed by atoms with E-state index in [0.29, 0.717) is 17.2 Å². The average Bonchev–Trinajstić information content (AvgIpc) is 2.25. The molecule has 4 nitrogen and oxygen atoms in total. The van der Waals surface area contributed by atoms with Crippen LogP contribution >= 0.6 is 0 Å². The minimum Gasteiger partial charge on any atom is -0.496 e. The number of ether oxygens (including phenoxy) is 4. The summed E-state index contributed by atoms with van der Waals surface area (Å²) >= 11 is 0. The average molecular weight is 198 g/mol. The van der Waals surface area contributed by atoms with Crippen molar-refractivity contribution in [2.75, 3.05) is 28.1 Å². The summed E-state index contributed by atoms with van der Waals surface area (Å²) in [6.07, 6.45) is 0. The molecular weight excluding hydrogens is 184 g/mol. The Bertz CT molecular complexity index is 263. The first-order valence-electron chi connectivity index (χ1n) is 4.15. The van der Waals surface area contributed by atoms with Crippen molar-refractivity contribution in [3.05, 3.63) is 18.2 Å². The van der Waals surface area contributed by atoms with Gasteiger partial charge in [-0.05, 0) is 0 Å². The van der Waals surface area contributed by atoms with Crippen LogP contribution in [-0.4, -0.2) is 28.1 Å². The molecule has 0 aliphatic carbocycles. The molecule has 0 fully saturated rings. The quantitative estimate of drug-likeness (QED) is 0.674. The van der Waals surface area contributed by atoms with Crippen molar-refractivity contribution in [1.29, 1.82) is 0 Å². The van der Waals surface area contributed by atoms with Crippen molar-refractivity contribution in [3.63, 3.8) is 0 Å². The van der Waals surface area contributed by atoms with Crippen LogP contribution in [0.3, 0.4) is 0 Å². The van der Waals surface area contributed by atoms with Crippen molar-refractivity contribution in [2.45, 2.75) is 0 Å². The summed E-state index contributed by atoms with van der Waals surface area (Å²) in [6, 6.07) is 5.31. The van der Waals surface area contributed by atoms with Crippen molar-refractivity contribution >= 4 is 0 Å². The molecule has 0 aliphatic rings. The summed E-state index contributed by atoms with van der Waals surface area (Å²) in [5.41, 5.74) is 0. The Morgan fingerprint density at radius 3 is 1.79 bits per heavy atom. The van der Waals surface area contributed by atoms with Crippen LogP contribution in [0, 0.1) is 0 Å². The van der Waals surface area contributed by atoms with Gasteiger partial charge in [0.2, 0.25) is 0 Å². The molecule has 0 N–H and O–H groups in total. The summed E-state index contributed by atoms with van der Waals surface area (Å²) in [4.78, 5) is 0. The Morgan fingerprint density at radius 1 is 0.857 bits per heavy atom. The van der Waals surface area contributed by atoms with Crippen LogP contribution in [-0.2, 0) is 4.74 Å². The molecular formula is C10H14O4. The predicted octanol–water partition coefficient (Wildman–Crippen LogP) is 1.69. The highest BCUT2D eigenvalue weighted by molar-refractivity contribution is 5.41. The number of methoxy groups -OCH3 is 3. The van der Waals surface area contributed by atoms with Crippen molar-refractivity contribution in [3.8, 4) is 17.2 Å². The molecule has 1 aromatic carbocycles. The van der Waals surface area contributed by atoms with Gasteiger partial charge in [-0.1, -0.05) is 0 Å². The Hall–Kier alpha value is -1.42. The number of hydrogen-bond acceptors (Lipinski definition) is 4. The third-order valence-corrected chi connectivity index (χ3v) is 1.67. The Morgan fingerprint density at radius 2 is 1.36 bits per heavy atom. The van der Waals surface area contributed by atoms with E-state index in [-0.39, 0.29) is 6.79 Å². The number of benzene rings is 1. The van der Waals surface area contributed by atoms with Crippen LogP contribution < -0.4 is 14.2 Å². The summed E-state index contributed by atoms with van der Waals surface area (Å²) in [5.74, 6) is 2.04. The molecule has 0 saturated heterocycles. The second-order valence-corrected chi connectivity index (χ2v) is 2.60. The predicted molar refractivity (Wildman–Crippen MR) is 52.1 cm³/mol. The van der Waals surface area contributed by atoms with Gasteiger partial charge < -0.3 is 18.9 Å². The fourth-order valence-corrected chi connectivity index (χ4v) is 0.992. The Balaban J connectivity index is 2.81. The molecule has 14 heavy (non-hydrogen) atoms. The largest absolute Gasteiger partial charge is 0.496 e. The maximum Gasteiger partial charge on any atom is 0.188 e. The lowest BCUT2D eigenvalue weighted by Crippen LogP contribution is -1.99. The van der Waals surface area contributed by atoms with E-state index in [1.807, 2.05) is 0 Å². The first-order chi connectivity index (χ1) is 6.80. The third kappa shape index (κ3) is 2.81. The second kappa shape index (κ2) is 5.34. The highest BCUT2D eigenvalue weighted by Gasteiger charge is 2.01. The van der Waals surface area contributed by atoms with Gasteiger partial charge in [0.05, 0.1) is 14.2 Å². The van der Waals surface area contributed by atoms with Gasteiger partial charge in [0.25, 0.3) is 0 Å². The molecule has 1 rings (SSSR count). The molecule has 0 unspecified atom stereocenters. The van der Waals surface area contributed by atoms with Gasteiger partial charge in [0.1, 0.15) is 17.2 Å². The van der Waals surface area contributed by atoms with E-state index in [2.05, 4.69) is 0 Å². The lowest BCUT2D eigenvalue weighted by molar-refractivity contribution is 0.0508. The smallest absolute Gasteiger partial charge is 0.188 e. The molecule has 0 heterocycles. The van der Waals surface area contributed by atoms with E-state index < -0.39 is 0 Å². The van der Waals surface area contributed by atoms with Crippen LogP contribution in [0.1, 0.15) is 0 Å². The molecule has 0 aromatic heterocycles. The SMILES string of the molecule is COCOc1cc(OC)cc(OC)c1. The van der Waals surface area contributed by atoms with E-state index in [1.54, 1.807) is 39.5 Å². The van der Waals surface area contributed by atoms with E-state index in [4.69, 9.17) is 18.9 Å². The molecule has 78 valence electrons. The van der Waals surface area contributed by atoms with Gasteiger partial charge in [0.15, 0.2) is 6.79 Å². The first-order valence-corrected chi connectivity index (χ1v) is 4.15. The maximum absolute atomic E-state index is 5.26. The topological polar surface area (TPSA) is 36.9 Å². The lowest BCUT2D eigenvalue weighted by atomic mass is 10.3. The summed E-state index contributed by atoms with van der Waals surface area (Å²) in [6.45, 7) is 0.205. The van der Waals surface area contributed by atoms with Gasteiger partial charge >= 0.3 is 0 Å². The molecule has 0 aliphatic heterocycles. The minimum atomic E-state index is 0.205.